The number of thiol groups is 1. The van der Waals surface area contributed by atoms with E-state index in [-0.39, 0.29) is 5.75 Å². The van der Waals surface area contributed by atoms with Gasteiger partial charge in [0.1, 0.15) is 5.37 Å². The van der Waals surface area contributed by atoms with E-state index in [1.54, 1.807) is 22.9 Å². The highest BCUT2D eigenvalue weighted by Crippen LogP contribution is 2.43. The Bertz CT molecular complexity index is 1880. The van der Waals surface area contributed by atoms with Crippen LogP contribution >= 0.6 is 47.9 Å². The largest absolute Gasteiger partial charge is 0.481 e. The lowest BCUT2D eigenvalue weighted by Crippen LogP contribution is -2.34. The van der Waals surface area contributed by atoms with Crippen LogP contribution in [0.5, 0.6) is 0 Å². The van der Waals surface area contributed by atoms with Gasteiger partial charge in [0, 0.05) is 62.4 Å². The van der Waals surface area contributed by atoms with Gasteiger partial charge in [-0.1, -0.05) is 97.1 Å². The van der Waals surface area contributed by atoms with Crippen LogP contribution in [0, 0.1) is 0 Å². The maximum absolute atomic E-state index is 11.5. The highest BCUT2D eigenvalue weighted by molar-refractivity contribution is 8.06. The number of aliphatic carboxylic acids is 1. The summed E-state index contributed by atoms with van der Waals surface area (Å²) >= 11 is 9.26. The number of carbonyl (C=O) groups is 2. The number of carboxylic acid groups (broad SMARTS) is 1. The number of rotatable bonds is 1. The summed E-state index contributed by atoms with van der Waals surface area (Å²) < 4.78 is 0. The second-order valence-corrected chi connectivity index (χ2v) is 17.3. The second kappa shape index (κ2) is 21.7. The molecule has 7 aliphatic heterocycles. The first-order valence-electron chi connectivity index (χ1n) is 19.0. The van der Waals surface area contributed by atoms with Gasteiger partial charge in [-0.05, 0) is 70.2 Å². The molecule has 7 heterocycles. The van der Waals surface area contributed by atoms with Crippen LogP contribution in [0.3, 0.4) is 0 Å². The Kier molecular flexibility index (Phi) is 16.3. The van der Waals surface area contributed by atoms with Gasteiger partial charge in [0.15, 0.2) is 0 Å². The number of hydrogen-bond acceptors (Lipinski definition) is 9. The molecule has 0 aromatic heterocycles. The average molecular weight is 811 g/mol. The minimum absolute atomic E-state index is 0.0833. The van der Waals surface area contributed by atoms with Crippen LogP contribution in [-0.4, -0.2) is 101 Å². The molecule has 0 radical (unpaired) electrons. The average Bonchev–Trinajstić information content (AvgIpc) is 3.97. The molecule has 288 valence electrons. The van der Waals surface area contributed by atoms with Crippen molar-refractivity contribution < 1.29 is 14.7 Å². The van der Waals surface area contributed by atoms with E-state index >= 15 is 0 Å². The zero-order valence-electron chi connectivity index (χ0n) is 31.2. The van der Waals surface area contributed by atoms with Crippen molar-refractivity contribution in [1.82, 2.24) is 9.80 Å². The number of amides is 1. The molecule has 11 rings (SSSR count). The van der Waals surface area contributed by atoms with Crippen LogP contribution in [0.15, 0.2) is 107 Å². The molecule has 4 aromatic carbocycles. The maximum Gasteiger partial charge on any atom is 0.313 e. The van der Waals surface area contributed by atoms with Crippen molar-refractivity contribution in [2.24, 2.45) is 9.98 Å². The number of thioether (sulfide) groups is 3. The van der Waals surface area contributed by atoms with Crippen molar-refractivity contribution in [3.8, 4) is 0 Å². The number of carboxylic acids is 1. The Hall–Kier alpha value is -3.48. The quantitative estimate of drug-likeness (QED) is 0.148. The van der Waals surface area contributed by atoms with E-state index in [0.717, 1.165) is 38.9 Å². The van der Waals surface area contributed by atoms with Crippen molar-refractivity contribution in [2.45, 2.75) is 36.4 Å². The third-order valence-electron chi connectivity index (χ3n) is 9.82. The zero-order valence-corrected chi connectivity index (χ0v) is 34.5. The summed E-state index contributed by atoms with van der Waals surface area (Å²) in [6.45, 7) is 5.35. The minimum Gasteiger partial charge on any atom is -0.481 e. The van der Waals surface area contributed by atoms with Gasteiger partial charge in [-0.15, -0.1) is 23.5 Å². The summed E-state index contributed by atoms with van der Waals surface area (Å²) in [4.78, 5) is 33.8. The van der Waals surface area contributed by atoms with Crippen LogP contribution in [-0.2, 0) is 35.3 Å². The lowest BCUT2D eigenvalue weighted by Gasteiger charge is -2.30. The van der Waals surface area contributed by atoms with Crippen LogP contribution in [0.2, 0.25) is 0 Å². The Morgan fingerprint density at radius 3 is 1.67 bits per heavy atom. The molecule has 1 amide bonds. The number of nitrogens with zero attached hydrogens (tertiary/aromatic N) is 4. The molecule has 0 aliphatic carbocycles. The van der Waals surface area contributed by atoms with Gasteiger partial charge >= 0.3 is 5.97 Å². The fourth-order valence-corrected chi connectivity index (χ4v) is 9.63. The van der Waals surface area contributed by atoms with Gasteiger partial charge in [0.05, 0.1) is 16.9 Å². The molecule has 0 bridgehead atoms. The van der Waals surface area contributed by atoms with E-state index < -0.39 is 5.97 Å². The van der Waals surface area contributed by atoms with Gasteiger partial charge in [0.2, 0.25) is 5.91 Å². The molecule has 0 spiro atoms. The van der Waals surface area contributed by atoms with Crippen molar-refractivity contribution in [3.05, 3.63) is 142 Å². The summed E-state index contributed by atoms with van der Waals surface area (Å²) in [7, 11) is 0. The lowest BCUT2D eigenvalue weighted by atomic mass is 10.00. The molecule has 3 saturated heterocycles. The predicted molar refractivity (Wildman–Crippen MR) is 238 cm³/mol. The Morgan fingerprint density at radius 1 is 0.655 bits per heavy atom. The van der Waals surface area contributed by atoms with Gasteiger partial charge in [-0.25, -0.2) is 0 Å². The lowest BCUT2D eigenvalue weighted by molar-refractivity contribution is -0.134. The molecule has 0 saturated carbocycles. The predicted octanol–water partition coefficient (Wildman–Crippen LogP) is 8.16. The Balaban J connectivity index is 0.000000118. The van der Waals surface area contributed by atoms with Crippen LogP contribution in [0.1, 0.15) is 55.3 Å². The molecule has 4 aromatic rings. The van der Waals surface area contributed by atoms with Gasteiger partial charge in [-0.2, -0.15) is 24.4 Å². The highest BCUT2D eigenvalue weighted by atomic mass is 32.2. The number of carbonyl (C=O) groups excluding carboxylic acids is 1. The summed E-state index contributed by atoms with van der Waals surface area (Å²) in [5.74, 6) is 4.13. The SMILES string of the molecule is C1=NCCc2ccccc21.C1=NCCc2ccccc21.C1CS1.O=C(O)CS.O=C1CSC2c3ccccc3CCN12.c1ccc2c(c1)CCN1CCSC21. The first kappa shape index (κ1) is 41.2. The third kappa shape index (κ3) is 12.3. The molecule has 55 heavy (non-hydrogen) atoms. The van der Waals surface area contributed by atoms with E-state index in [1.807, 2.05) is 29.1 Å². The highest BCUT2D eigenvalue weighted by Gasteiger charge is 2.36. The molecule has 3 fully saturated rings. The molecular weight excluding hydrogens is 761 g/mol. The summed E-state index contributed by atoms with van der Waals surface area (Å²) in [6, 6.07) is 34.2. The number of hydrogen-bond donors (Lipinski definition) is 2. The first-order valence-corrected chi connectivity index (χ1v) is 22.9. The van der Waals surface area contributed by atoms with Crippen molar-refractivity contribution in [2.75, 3.05) is 61.5 Å². The van der Waals surface area contributed by atoms with Crippen LogP contribution in [0.4, 0.5) is 0 Å². The first-order chi connectivity index (χ1) is 27.0. The monoisotopic (exact) mass is 810 g/mol. The molecule has 7 nitrogen and oxygen atoms in total. The third-order valence-corrected chi connectivity index (χ3v) is 13.0. The second-order valence-electron chi connectivity index (χ2n) is 13.5. The normalized spacial score (nSPS) is 20.0. The Labute approximate surface area is 344 Å². The number of fused-ring (bicyclic) bond motifs is 8. The van der Waals surface area contributed by atoms with Crippen LogP contribution in [0.25, 0.3) is 0 Å². The van der Waals surface area contributed by atoms with Crippen molar-refractivity contribution in [1.29, 1.82) is 0 Å². The smallest absolute Gasteiger partial charge is 0.313 e. The summed E-state index contributed by atoms with van der Waals surface area (Å²) in [6.07, 6.45) is 8.38. The fraction of sp³-hybridized carbons (Fsp3) is 0.364. The van der Waals surface area contributed by atoms with Crippen molar-refractivity contribution >= 4 is 72.2 Å². The van der Waals surface area contributed by atoms with E-state index in [1.165, 1.54) is 70.1 Å². The molecule has 7 aliphatic rings. The van der Waals surface area contributed by atoms with E-state index in [9.17, 15) is 9.59 Å². The Morgan fingerprint density at radius 2 is 1.15 bits per heavy atom. The number of benzene rings is 4. The maximum atomic E-state index is 11.5. The van der Waals surface area contributed by atoms with Gasteiger partial charge in [-0.3, -0.25) is 24.5 Å². The molecule has 1 N–H and O–H groups in total. The van der Waals surface area contributed by atoms with Crippen LogP contribution < -0.4 is 0 Å². The minimum atomic E-state index is -0.881. The molecule has 2 unspecified atom stereocenters. The zero-order chi connectivity index (χ0) is 38.2. The molecule has 2 atom stereocenters. The molecule has 11 heteroatoms. The topological polar surface area (TPSA) is 85.6 Å². The molecular formula is C44H50N4O3S4. The summed E-state index contributed by atoms with van der Waals surface area (Å²) in [5.41, 5.74) is 11.3. The van der Waals surface area contributed by atoms with Gasteiger partial charge in [0.25, 0.3) is 0 Å². The van der Waals surface area contributed by atoms with E-state index in [0.29, 0.717) is 22.4 Å². The standard InChI is InChI=1S/C11H11NOS.C11H13NS.2C9H9N.C2H4O2S.C2H4S/c13-10-7-14-11-9-4-2-1-3-8(9)5-6-12(10)11;1-2-4-10-9(3-1)5-6-12-7-8-13-11(10)12;2*1-2-4-9-7-10-6-5-8(9)3-1;3-2(4)1-5;1-2-3-1/h1-4,11H,5-7H2;1-4,11H,5-8H2;2*1-4,7H,5-6H2;5H,1H2,(H,3,4);1-2H2. The fourth-order valence-electron chi connectivity index (χ4n) is 6.96. The number of aliphatic imine (C=N–C) groups is 2. The van der Waals surface area contributed by atoms with E-state index in [4.69, 9.17) is 5.11 Å². The van der Waals surface area contributed by atoms with Crippen molar-refractivity contribution in [3.63, 3.8) is 0 Å². The van der Waals surface area contributed by atoms with E-state index in [2.05, 4.69) is 136 Å². The summed E-state index contributed by atoms with van der Waals surface area (Å²) in [5, 5.41) is 8.62. The van der Waals surface area contributed by atoms with Gasteiger partial charge < -0.3 is 10.0 Å².